The van der Waals surface area contributed by atoms with Gasteiger partial charge in [0.25, 0.3) is 5.91 Å². The van der Waals surface area contributed by atoms with E-state index in [9.17, 15) is 9.59 Å². The second-order valence-electron chi connectivity index (χ2n) is 4.67. The summed E-state index contributed by atoms with van der Waals surface area (Å²) < 4.78 is 4.96. The van der Waals surface area contributed by atoms with E-state index in [0.717, 1.165) is 0 Å². The Kier molecular flexibility index (Phi) is 4.46. The summed E-state index contributed by atoms with van der Waals surface area (Å²) in [7, 11) is 0. The number of carbonyl (C=O) groups is 2. The molecule has 0 aromatic carbocycles. The Labute approximate surface area is 122 Å². The molecule has 0 radical (unpaired) electrons. The quantitative estimate of drug-likeness (QED) is 0.813. The van der Waals surface area contributed by atoms with Gasteiger partial charge in [-0.2, -0.15) is 0 Å². The van der Waals surface area contributed by atoms with E-state index in [-0.39, 0.29) is 17.3 Å². The van der Waals surface area contributed by atoms with Gasteiger partial charge in [0.15, 0.2) is 0 Å². The van der Waals surface area contributed by atoms with Crippen LogP contribution in [-0.4, -0.2) is 54.7 Å². The zero-order valence-corrected chi connectivity index (χ0v) is 11.9. The number of ether oxygens (including phenoxy) is 1. The van der Waals surface area contributed by atoms with Gasteiger partial charge < -0.3 is 26.0 Å². The first kappa shape index (κ1) is 14.9. The Morgan fingerprint density at radius 1 is 1.33 bits per heavy atom. The van der Waals surface area contributed by atoms with Crippen molar-refractivity contribution in [3.05, 3.63) is 17.8 Å². The largest absolute Gasteiger partial charge is 0.450 e. The van der Waals surface area contributed by atoms with Gasteiger partial charge in [0.1, 0.15) is 5.82 Å². The SMILES string of the molecule is CCOC(=O)N1CCN(c2cc(C(N)=O)c(N)cn2)CC1. The van der Waals surface area contributed by atoms with Crippen molar-refractivity contribution in [3.63, 3.8) is 0 Å². The second-order valence-corrected chi connectivity index (χ2v) is 4.67. The van der Waals surface area contributed by atoms with Crippen LogP contribution in [0.5, 0.6) is 0 Å². The molecular weight excluding hydrogens is 274 g/mol. The lowest BCUT2D eigenvalue weighted by Gasteiger charge is -2.34. The van der Waals surface area contributed by atoms with Gasteiger partial charge in [0.2, 0.25) is 0 Å². The lowest BCUT2D eigenvalue weighted by Crippen LogP contribution is -2.49. The molecule has 1 saturated heterocycles. The van der Waals surface area contributed by atoms with Gasteiger partial charge in [-0.3, -0.25) is 4.79 Å². The molecular formula is C13H19N5O3. The van der Waals surface area contributed by atoms with Gasteiger partial charge >= 0.3 is 6.09 Å². The number of amides is 2. The minimum atomic E-state index is -0.582. The number of piperazine rings is 1. The van der Waals surface area contributed by atoms with Gasteiger partial charge in [0.05, 0.1) is 24.1 Å². The van der Waals surface area contributed by atoms with Crippen LogP contribution in [0.2, 0.25) is 0 Å². The number of pyridine rings is 1. The first-order valence-electron chi connectivity index (χ1n) is 6.75. The fraction of sp³-hybridized carbons (Fsp3) is 0.462. The van der Waals surface area contributed by atoms with Crippen LogP contribution in [0.1, 0.15) is 17.3 Å². The van der Waals surface area contributed by atoms with E-state index in [1.54, 1.807) is 17.9 Å². The average molecular weight is 293 g/mol. The Morgan fingerprint density at radius 3 is 2.57 bits per heavy atom. The third kappa shape index (κ3) is 3.33. The van der Waals surface area contributed by atoms with Crippen LogP contribution in [0, 0.1) is 0 Å². The van der Waals surface area contributed by atoms with Crippen molar-refractivity contribution in [1.82, 2.24) is 9.88 Å². The molecule has 1 aliphatic heterocycles. The fourth-order valence-electron chi connectivity index (χ4n) is 2.17. The van der Waals surface area contributed by atoms with E-state index in [1.165, 1.54) is 6.20 Å². The number of carbonyl (C=O) groups excluding carboxylic acids is 2. The third-order valence-electron chi connectivity index (χ3n) is 3.32. The van der Waals surface area contributed by atoms with Crippen LogP contribution in [0.4, 0.5) is 16.3 Å². The lowest BCUT2D eigenvalue weighted by atomic mass is 10.2. The Morgan fingerprint density at radius 2 is 2.00 bits per heavy atom. The summed E-state index contributed by atoms with van der Waals surface area (Å²) >= 11 is 0. The number of nitrogens with zero attached hydrogens (tertiary/aromatic N) is 3. The first-order valence-corrected chi connectivity index (χ1v) is 6.75. The molecule has 0 bridgehead atoms. The maximum atomic E-state index is 11.6. The van der Waals surface area contributed by atoms with E-state index in [4.69, 9.17) is 16.2 Å². The highest BCUT2D eigenvalue weighted by Crippen LogP contribution is 2.19. The normalized spacial score (nSPS) is 14.9. The van der Waals surface area contributed by atoms with Crippen molar-refractivity contribution >= 4 is 23.5 Å². The summed E-state index contributed by atoms with van der Waals surface area (Å²) in [5.41, 5.74) is 11.5. The van der Waals surface area contributed by atoms with Crippen molar-refractivity contribution in [3.8, 4) is 0 Å². The maximum absolute atomic E-state index is 11.6. The maximum Gasteiger partial charge on any atom is 0.409 e. The number of rotatable bonds is 3. The van der Waals surface area contributed by atoms with Crippen molar-refractivity contribution in [2.24, 2.45) is 5.73 Å². The zero-order valence-electron chi connectivity index (χ0n) is 11.9. The number of hydrogen-bond acceptors (Lipinski definition) is 6. The molecule has 114 valence electrons. The monoisotopic (exact) mass is 293 g/mol. The number of primary amides is 1. The summed E-state index contributed by atoms with van der Waals surface area (Å²) in [4.78, 5) is 30.7. The minimum Gasteiger partial charge on any atom is -0.450 e. The van der Waals surface area contributed by atoms with Gasteiger partial charge in [0, 0.05) is 26.2 Å². The molecule has 21 heavy (non-hydrogen) atoms. The lowest BCUT2D eigenvalue weighted by molar-refractivity contribution is 0.100. The number of nitrogen functional groups attached to an aromatic ring is 1. The first-order chi connectivity index (χ1) is 10.0. The molecule has 2 rings (SSSR count). The van der Waals surface area contributed by atoms with Gasteiger partial charge in [-0.1, -0.05) is 0 Å². The van der Waals surface area contributed by atoms with E-state index in [0.29, 0.717) is 38.6 Å². The summed E-state index contributed by atoms with van der Waals surface area (Å²) in [6.45, 7) is 4.42. The molecule has 0 atom stereocenters. The molecule has 2 heterocycles. The van der Waals surface area contributed by atoms with Gasteiger partial charge in [-0.05, 0) is 13.0 Å². The van der Waals surface area contributed by atoms with Crippen molar-refractivity contribution < 1.29 is 14.3 Å². The molecule has 2 amide bonds. The summed E-state index contributed by atoms with van der Waals surface area (Å²) in [5, 5.41) is 0. The number of anilines is 2. The highest BCUT2D eigenvalue weighted by molar-refractivity contribution is 5.98. The van der Waals surface area contributed by atoms with Crippen LogP contribution < -0.4 is 16.4 Å². The Balaban J connectivity index is 2.04. The molecule has 0 unspecified atom stereocenters. The number of hydrogen-bond donors (Lipinski definition) is 2. The van der Waals surface area contributed by atoms with E-state index in [2.05, 4.69) is 4.98 Å². The second kappa shape index (κ2) is 6.29. The van der Waals surface area contributed by atoms with Crippen molar-refractivity contribution in [2.45, 2.75) is 6.92 Å². The molecule has 0 saturated carbocycles. The smallest absolute Gasteiger partial charge is 0.409 e. The molecule has 8 nitrogen and oxygen atoms in total. The fourth-order valence-corrected chi connectivity index (χ4v) is 2.17. The molecule has 4 N–H and O–H groups in total. The van der Waals surface area contributed by atoms with Crippen molar-refractivity contribution in [1.29, 1.82) is 0 Å². The molecule has 1 aliphatic rings. The number of nitrogens with two attached hydrogens (primary N) is 2. The Hall–Kier alpha value is -2.51. The number of aromatic nitrogens is 1. The van der Waals surface area contributed by atoms with Gasteiger partial charge in [-0.25, -0.2) is 9.78 Å². The highest BCUT2D eigenvalue weighted by atomic mass is 16.6. The highest BCUT2D eigenvalue weighted by Gasteiger charge is 2.23. The van der Waals surface area contributed by atoms with E-state index in [1.807, 2.05) is 4.90 Å². The summed E-state index contributed by atoms with van der Waals surface area (Å²) in [6, 6.07) is 1.58. The van der Waals surface area contributed by atoms with Crippen LogP contribution in [0.25, 0.3) is 0 Å². The van der Waals surface area contributed by atoms with Crippen molar-refractivity contribution in [2.75, 3.05) is 43.4 Å². The zero-order chi connectivity index (χ0) is 15.4. The van der Waals surface area contributed by atoms with E-state index >= 15 is 0 Å². The summed E-state index contributed by atoms with van der Waals surface area (Å²) in [5.74, 6) is 0.0443. The predicted octanol–water partition coefficient (Wildman–Crippen LogP) is 0.0412. The minimum absolute atomic E-state index is 0.257. The molecule has 0 aliphatic carbocycles. The molecule has 8 heteroatoms. The van der Waals surface area contributed by atoms with Crippen LogP contribution >= 0.6 is 0 Å². The topological polar surface area (TPSA) is 115 Å². The summed E-state index contributed by atoms with van der Waals surface area (Å²) in [6.07, 6.45) is 1.12. The molecule has 1 aromatic heterocycles. The molecule has 1 aromatic rings. The Bertz CT molecular complexity index is 541. The molecule has 0 spiro atoms. The van der Waals surface area contributed by atoms with Crippen LogP contribution in [0.15, 0.2) is 12.3 Å². The van der Waals surface area contributed by atoms with Crippen LogP contribution in [0.3, 0.4) is 0 Å². The predicted molar refractivity (Wildman–Crippen MR) is 78.0 cm³/mol. The van der Waals surface area contributed by atoms with Gasteiger partial charge in [-0.15, -0.1) is 0 Å². The standard InChI is InChI=1S/C13H19N5O3/c1-2-21-13(20)18-5-3-17(4-6-18)11-7-9(12(15)19)10(14)8-16-11/h7-8H,2-6,14H2,1H3,(H2,15,19). The van der Waals surface area contributed by atoms with Crippen LogP contribution in [-0.2, 0) is 4.74 Å². The van der Waals surface area contributed by atoms with E-state index < -0.39 is 5.91 Å². The third-order valence-corrected chi connectivity index (χ3v) is 3.32. The average Bonchev–Trinajstić information content (AvgIpc) is 2.48. The molecule has 1 fully saturated rings.